The van der Waals surface area contributed by atoms with Crippen LogP contribution in [0.15, 0.2) is 27.4 Å². The monoisotopic (exact) mass is 384 g/mol. The lowest BCUT2D eigenvalue weighted by Gasteiger charge is -2.33. The minimum atomic E-state index is -4.47. The molecule has 148 valence electrons. The van der Waals surface area contributed by atoms with Gasteiger partial charge >= 0.3 is 11.9 Å². The topological polar surface area (TPSA) is 74.2 Å². The Morgan fingerprint density at radius 3 is 2.56 bits per heavy atom. The molecule has 0 bridgehead atoms. The summed E-state index contributed by atoms with van der Waals surface area (Å²) >= 11 is 0. The molecule has 3 rings (SSSR count). The summed E-state index contributed by atoms with van der Waals surface area (Å²) in [5, 5.41) is 9.08. The van der Waals surface area contributed by atoms with Crippen molar-refractivity contribution in [1.29, 1.82) is 0 Å². The number of hydrogen-bond donors (Lipinski definition) is 2. The van der Waals surface area contributed by atoms with E-state index in [2.05, 4.69) is 15.5 Å². The van der Waals surface area contributed by atoms with E-state index in [1.54, 1.807) is 11.9 Å². The third-order valence-corrected chi connectivity index (χ3v) is 5.19. The van der Waals surface area contributed by atoms with Crippen molar-refractivity contribution < 1.29 is 17.6 Å². The molecule has 1 saturated carbocycles. The fourth-order valence-corrected chi connectivity index (χ4v) is 3.69. The van der Waals surface area contributed by atoms with Crippen LogP contribution in [-0.2, 0) is 6.18 Å². The molecule has 0 radical (unpaired) electrons. The molecule has 0 aliphatic heterocycles. The van der Waals surface area contributed by atoms with Gasteiger partial charge in [-0.05, 0) is 56.8 Å². The van der Waals surface area contributed by atoms with Crippen molar-refractivity contribution in [3.63, 3.8) is 0 Å². The van der Waals surface area contributed by atoms with E-state index in [9.17, 15) is 18.0 Å². The zero-order valence-corrected chi connectivity index (χ0v) is 15.3. The van der Waals surface area contributed by atoms with Crippen LogP contribution in [0.3, 0.4) is 0 Å². The van der Waals surface area contributed by atoms with Crippen LogP contribution in [0.5, 0.6) is 0 Å². The average Bonchev–Trinajstić information content (AvgIpc) is 3.07. The molecule has 1 aliphatic rings. The smallest absolute Gasteiger partial charge is 0.388 e. The maximum Gasteiger partial charge on any atom is 0.434 e. The first-order valence-electron chi connectivity index (χ1n) is 8.93. The Kier molecular flexibility index (Phi) is 5.59. The lowest BCUT2D eigenvalue weighted by atomic mass is 9.85. The SMILES string of the molecule is CNC1CCC(CN(C)c2cc(-c3n[nH]c(=O)o3)ccc2C(F)(F)F)CC1. The van der Waals surface area contributed by atoms with Crippen molar-refractivity contribution in [2.45, 2.75) is 37.9 Å². The summed E-state index contributed by atoms with van der Waals surface area (Å²) in [4.78, 5) is 12.8. The summed E-state index contributed by atoms with van der Waals surface area (Å²) in [7, 11) is 3.60. The van der Waals surface area contributed by atoms with Crippen LogP contribution in [0.25, 0.3) is 11.5 Å². The molecule has 1 aromatic heterocycles. The fraction of sp³-hybridized carbons (Fsp3) is 0.556. The predicted molar refractivity (Wildman–Crippen MR) is 95.6 cm³/mol. The number of aromatic amines is 1. The van der Waals surface area contributed by atoms with E-state index in [4.69, 9.17) is 4.42 Å². The molecule has 0 atom stereocenters. The molecule has 9 heteroatoms. The average molecular weight is 384 g/mol. The Hall–Kier alpha value is -2.29. The Morgan fingerprint density at radius 2 is 2.00 bits per heavy atom. The van der Waals surface area contributed by atoms with Crippen molar-refractivity contribution in [2.75, 3.05) is 25.5 Å². The first-order valence-corrected chi connectivity index (χ1v) is 8.93. The molecule has 2 aromatic rings. The number of H-pyrrole nitrogens is 1. The Labute approximate surface area is 154 Å². The normalized spacial score (nSPS) is 20.6. The first-order chi connectivity index (χ1) is 12.8. The lowest BCUT2D eigenvalue weighted by molar-refractivity contribution is -0.137. The standard InChI is InChI=1S/C18H23F3N4O2/c1-22-13-6-3-11(4-7-13)10-25(2)15-9-12(16-23-24-17(26)27-16)5-8-14(15)18(19,20)21/h5,8-9,11,13,22H,3-4,6-7,10H2,1-2H3,(H,24,26). The Bertz CT molecular complexity index is 822. The molecule has 0 saturated heterocycles. The minimum Gasteiger partial charge on any atom is -0.388 e. The van der Waals surface area contributed by atoms with Crippen molar-refractivity contribution in [3.05, 3.63) is 34.3 Å². The zero-order valence-electron chi connectivity index (χ0n) is 15.3. The number of rotatable bonds is 5. The maximum atomic E-state index is 13.5. The number of benzene rings is 1. The molecule has 0 amide bonds. The van der Waals surface area contributed by atoms with E-state index in [-0.39, 0.29) is 11.6 Å². The first kappa shape index (κ1) is 19.5. The van der Waals surface area contributed by atoms with Gasteiger partial charge in [0.1, 0.15) is 0 Å². The minimum absolute atomic E-state index is 0.0297. The van der Waals surface area contributed by atoms with Gasteiger partial charge in [-0.25, -0.2) is 9.89 Å². The van der Waals surface area contributed by atoms with Gasteiger partial charge in [0.15, 0.2) is 0 Å². The molecule has 0 spiro atoms. The van der Waals surface area contributed by atoms with Crippen LogP contribution in [0.2, 0.25) is 0 Å². The van der Waals surface area contributed by atoms with Crippen molar-refractivity contribution in [3.8, 4) is 11.5 Å². The molecule has 27 heavy (non-hydrogen) atoms. The highest BCUT2D eigenvalue weighted by Gasteiger charge is 2.35. The van der Waals surface area contributed by atoms with Gasteiger partial charge < -0.3 is 14.6 Å². The van der Waals surface area contributed by atoms with Gasteiger partial charge in [0.05, 0.1) is 5.56 Å². The lowest BCUT2D eigenvalue weighted by Crippen LogP contribution is -2.35. The van der Waals surface area contributed by atoms with Crippen molar-refractivity contribution in [2.24, 2.45) is 5.92 Å². The summed E-state index contributed by atoms with van der Waals surface area (Å²) in [5.74, 6) is -0.438. The summed E-state index contributed by atoms with van der Waals surface area (Å²) in [6.45, 7) is 0.535. The second-order valence-electron chi connectivity index (χ2n) is 7.03. The van der Waals surface area contributed by atoms with Crippen LogP contribution in [0.1, 0.15) is 31.2 Å². The highest BCUT2D eigenvalue weighted by Crippen LogP contribution is 2.39. The second-order valence-corrected chi connectivity index (χ2v) is 7.03. The quantitative estimate of drug-likeness (QED) is 0.828. The summed E-state index contributed by atoms with van der Waals surface area (Å²) in [6.07, 6.45) is -0.464. The Balaban J connectivity index is 1.85. The van der Waals surface area contributed by atoms with Crippen LogP contribution in [0.4, 0.5) is 18.9 Å². The molecule has 1 aromatic carbocycles. The summed E-state index contributed by atoms with van der Waals surface area (Å²) < 4.78 is 45.4. The van der Waals surface area contributed by atoms with Gasteiger partial charge in [-0.1, -0.05) is 0 Å². The van der Waals surface area contributed by atoms with E-state index in [0.717, 1.165) is 31.7 Å². The molecule has 1 fully saturated rings. The number of anilines is 1. The largest absolute Gasteiger partial charge is 0.434 e. The molecular weight excluding hydrogens is 361 g/mol. The third-order valence-electron chi connectivity index (χ3n) is 5.19. The van der Waals surface area contributed by atoms with Gasteiger partial charge in [-0.2, -0.15) is 13.2 Å². The molecule has 1 aliphatic carbocycles. The van der Waals surface area contributed by atoms with Gasteiger partial charge in [-0.15, -0.1) is 5.10 Å². The maximum absolute atomic E-state index is 13.5. The predicted octanol–water partition coefficient (Wildman–Crippen LogP) is 3.26. The molecule has 1 heterocycles. The van der Waals surface area contributed by atoms with Crippen LogP contribution in [0, 0.1) is 5.92 Å². The van der Waals surface area contributed by atoms with Gasteiger partial charge in [0, 0.05) is 30.9 Å². The number of halogens is 3. The fourth-order valence-electron chi connectivity index (χ4n) is 3.69. The van der Waals surface area contributed by atoms with Gasteiger partial charge in [0.25, 0.3) is 0 Å². The van der Waals surface area contributed by atoms with Crippen molar-refractivity contribution in [1.82, 2.24) is 15.5 Å². The summed E-state index contributed by atoms with van der Waals surface area (Å²) in [5.41, 5.74) is -0.334. The number of hydrogen-bond acceptors (Lipinski definition) is 5. The van der Waals surface area contributed by atoms with Crippen LogP contribution >= 0.6 is 0 Å². The number of nitrogens with zero attached hydrogens (tertiary/aromatic N) is 2. The van der Waals surface area contributed by atoms with Crippen molar-refractivity contribution >= 4 is 5.69 Å². The molecule has 2 N–H and O–H groups in total. The number of nitrogens with one attached hydrogen (secondary N) is 2. The van der Waals surface area contributed by atoms with Gasteiger partial charge in [-0.3, -0.25) is 0 Å². The highest BCUT2D eigenvalue weighted by atomic mass is 19.4. The Morgan fingerprint density at radius 1 is 1.30 bits per heavy atom. The van der Waals surface area contributed by atoms with Crippen LogP contribution < -0.4 is 16.0 Å². The summed E-state index contributed by atoms with van der Waals surface area (Å²) in [6, 6.07) is 4.13. The molecule has 0 unspecified atom stereocenters. The van der Waals surface area contributed by atoms with E-state index < -0.39 is 17.5 Å². The van der Waals surface area contributed by atoms with E-state index in [1.165, 1.54) is 12.1 Å². The van der Waals surface area contributed by atoms with E-state index >= 15 is 0 Å². The zero-order chi connectivity index (χ0) is 19.6. The second kappa shape index (κ2) is 7.75. The van der Waals surface area contributed by atoms with Gasteiger partial charge in [0.2, 0.25) is 5.89 Å². The number of aromatic nitrogens is 2. The number of alkyl halides is 3. The molecular formula is C18H23F3N4O2. The third kappa shape index (κ3) is 4.52. The molecule has 6 nitrogen and oxygen atoms in total. The van der Waals surface area contributed by atoms with Crippen LogP contribution in [-0.4, -0.2) is 36.9 Å². The highest BCUT2D eigenvalue weighted by molar-refractivity contribution is 5.66. The van der Waals surface area contributed by atoms with E-state index in [0.29, 0.717) is 24.1 Å². The van der Waals surface area contributed by atoms with E-state index in [1.807, 2.05) is 7.05 Å².